The standard InChI is InChI=1S/C11H12ClF3N2/c1-6-2-8(3-6)16-10-5-7(11(13,14)15)4-9(12)17-10/h4-6,8H,2-3H2,1H3,(H,16,17). The Bertz CT molecular complexity index is 414. The van der Waals surface area contributed by atoms with Gasteiger partial charge in [0.2, 0.25) is 0 Å². The Labute approximate surface area is 102 Å². The summed E-state index contributed by atoms with van der Waals surface area (Å²) in [7, 11) is 0. The van der Waals surface area contributed by atoms with E-state index in [4.69, 9.17) is 11.6 Å². The largest absolute Gasteiger partial charge is 0.416 e. The van der Waals surface area contributed by atoms with Gasteiger partial charge in [-0.15, -0.1) is 0 Å². The number of halogens is 4. The van der Waals surface area contributed by atoms with Crippen molar-refractivity contribution in [1.82, 2.24) is 4.98 Å². The van der Waals surface area contributed by atoms with Gasteiger partial charge < -0.3 is 5.32 Å². The fraction of sp³-hybridized carbons (Fsp3) is 0.545. The molecule has 0 unspecified atom stereocenters. The SMILES string of the molecule is CC1CC(Nc2cc(C(F)(F)F)cc(Cl)n2)C1. The lowest BCUT2D eigenvalue weighted by Gasteiger charge is -2.33. The first-order chi connectivity index (χ1) is 7.84. The Morgan fingerprint density at radius 1 is 1.35 bits per heavy atom. The van der Waals surface area contributed by atoms with Crippen LogP contribution in [-0.4, -0.2) is 11.0 Å². The van der Waals surface area contributed by atoms with Crippen LogP contribution in [0, 0.1) is 5.92 Å². The molecule has 0 aromatic carbocycles. The Kier molecular flexibility index (Phi) is 3.21. The van der Waals surface area contributed by atoms with E-state index >= 15 is 0 Å². The Balaban J connectivity index is 2.14. The van der Waals surface area contributed by atoms with Gasteiger partial charge in [0.15, 0.2) is 0 Å². The molecule has 0 amide bonds. The van der Waals surface area contributed by atoms with Gasteiger partial charge in [-0.3, -0.25) is 0 Å². The molecule has 0 radical (unpaired) electrons. The van der Waals surface area contributed by atoms with Crippen molar-refractivity contribution >= 4 is 17.4 Å². The van der Waals surface area contributed by atoms with Crippen LogP contribution in [0.5, 0.6) is 0 Å². The number of anilines is 1. The third-order valence-corrected chi connectivity index (χ3v) is 3.04. The molecule has 0 aliphatic heterocycles. The molecule has 1 aliphatic carbocycles. The first-order valence-electron chi connectivity index (χ1n) is 5.36. The summed E-state index contributed by atoms with van der Waals surface area (Å²) in [6.07, 6.45) is -2.49. The van der Waals surface area contributed by atoms with Crippen molar-refractivity contribution in [2.24, 2.45) is 5.92 Å². The second-order valence-corrected chi connectivity index (χ2v) is 4.87. The van der Waals surface area contributed by atoms with Crippen molar-refractivity contribution in [3.8, 4) is 0 Å². The van der Waals surface area contributed by atoms with Gasteiger partial charge in [-0.1, -0.05) is 18.5 Å². The molecule has 0 saturated heterocycles. The van der Waals surface area contributed by atoms with Crippen LogP contribution in [0.25, 0.3) is 0 Å². The summed E-state index contributed by atoms with van der Waals surface area (Å²) in [5.41, 5.74) is -0.771. The van der Waals surface area contributed by atoms with Crippen LogP contribution in [0.15, 0.2) is 12.1 Å². The number of alkyl halides is 3. The maximum atomic E-state index is 12.5. The molecule has 2 nitrogen and oxygen atoms in total. The zero-order valence-electron chi connectivity index (χ0n) is 9.18. The number of hydrogen-bond acceptors (Lipinski definition) is 2. The highest BCUT2D eigenvalue weighted by Crippen LogP contribution is 2.34. The number of nitrogens with one attached hydrogen (secondary N) is 1. The van der Waals surface area contributed by atoms with Gasteiger partial charge in [-0.25, -0.2) is 4.98 Å². The molecule has 17 heavy (non-hydrogen) atoms. The lowest BCUT2D eigenvalue weighted by molar-refractivity contribution is -0.137. The minimum Gasteiger partial charge on any atom is -0.367 e. The van der Waals surface area contributed by atoms with E-state index in [-0.39, 0.29) is 17.0 Å². The summed E-state index contributed by atoms with van der Waals surface area (Å²) < 4.78 is 37.6. The topological polar surface area (TPSA) is 24.9 Å². The molecule has 94 valence electrons. The summed E-state index contributed by atoms with van der Waals surface area (Å²) >= 11 is 5.58. The van der Waals surface area contributed by atoms with Crippen molar-refractivity contribution < 1.29 is 13.2 Å². The van der Waals surface area contributed by atoms with Gasteiger partial charge in [-0.2, -0.15) is 13.2 Å². The van der Waals surface area contributed by atoms with Gasteiger partial charge in [0.25, 0.3) is 0 Å². The molecule has 0 bridgehead atoms. The van der Waals surface area contributed by atoms with E-state index in [1.807, 2.05) is 0 Å². The molecule has 1 fully saturated rings. The summed E-state index contributed by atoms with van der Waals surface area (Å²) in [6.45, 7) is 2.10. The van der Waals surface area contributed by atoms with Crippen molar-refractivity contribution in [2.45, 2.75) is 32.0 Å². The van der Waals surface area contributed by atoms with Crippen molar-refractivity contribution in [2.75, 3.05) is 5.32 Å². The van der Waals surface area contributed by atoms with E-state index in [0.717, 1.165) is 25.0 Å². The average Bonchev–Trinajstić information content (AvgIpc) is 2.13. The minimum absolute atomic E-state index is 0.144. The molecule has 1 aromatic heterocycles. The van der Waals surface area contributed by atoms with Crippen LogP contribution >= 0.6 is 11.6 Å². The third kappa shape index (κ3) is 3.03. The maximum absolute atomic E-state index is 12.5. The van der Waals surface area contributed by atoms with Crippen LogP contribution in [0.1, 0.15) is 25.3 Å². The Morgan fingerprint density at radius 2 is 2.00 bits per heavy atom. The smallest absolute Gasteiger partial charge is 0.367 e. The highest BCUT2D eigenvalue weighted by atomic mass is 35.5. The normalized spacial score (nSPS) is 24.3. The van der Waals surface area contributed by atoms with Crippen LogP contribution in [0.2, 0.25) is 5.15 Å². The van der Waals surface area contributed by atoms with E-state index in [1.165, 1.54) is 0 Å². The zero-order chi connectivity index (χ0) is 12.6. The molecular weight excluding hydrogens is 253 g/mol. The van der Waals surface area contributed by atoms with Crippen molar-refractivity contribution in [3.05, 3.63) is 22.8 Å². The van der Waals surface area contributed by atoms with Gasteiger partial charge >= 0.3 is 6.18 Å². The Morgan fingerprint density at radius 3 is 2.53 bits per heavy atom. The van der Waals surface area contributed by atoms with E-state index in [2.05, 4.69) is 17.2 Å². The van der Waals surface area contributed by atoms with Crippen LogP contribution in [-0.2, 0) is 6.18 Å². The molecule has 1 heterocycles. The highest BCUT2D eigenvalue weighted by Gasteiger charge is 2.32. The Hall–Kier alpha value is -0.970. The number of aromatic nitrogens is 1. The molecule has 1 saturated carbocycles. The number of pyridine rings is 1. The monoisotopic (exact) mass is 264 g/mol. The molecule has 1 aliphatic rings. The maximum Gasteiger partial charge on any atom is 0.416 e. The van der Waals surface area contributed by atoms with E-state index in [0.29, 0.717) is 5.92 Å². The highest BCUT2D eigenvalue weighted by molar-refractivity contribution is 6.29. The van der Waals surface area contributed by atoms with Crippen LogP contribution in [0.3, 0.4) is 0 Å². The third-order valence-electron chi connectivity index (χ3n) is 2.85. The second kappa shape index (κ2) is 4.37. The lowest BCUT2D eigenvalue weighted by Crippen LogP contribution is -2.34. The zero-order valence-corrected chi connectivity index (χ0v) is 9.94. The van der Waals surface area contributed by atoms with E-state index < -0.39 is 11.7 Å². The molecular formula is C11H12ClF3N2. The first-order valence-corrected chi connectivity index (χ1v) is 5.73. The number of hydrogen-bond donors (Lipinski definition) is 1. The molecule has 1 N–H and O–H groups in total. The summed E-state index contributed by atoms with van der Waals surface area (Å²) in [5, 5.41) is 2.82. The van der Waals surface area contributed by atoms with E-state index in [9.17, 15) is 13.2 Å². The molecule has 6 heteroatoms. The van der Waals surface area contributed by atoms with Crippen molar-refractivity contribution in [3.63, 3.8) is 0 Å². The summed E-state index contributed by atoms with van der Waals surface area (Å²) in [6, 6.07) is 2.03. The fourth-order valence-electron chi connectivity index (χ4n) is 1.96. The molecule has 0 atom stereocenters. The predicted molar refractivity (Wildman–Crippen MR) is 60.1 cm³/mol. The van der Waals surface area contributed by atoms with Crippen LogP contribution in [0.4, 0.5) is 19.0 Å². The minimum atomic E-state index is -4.39. The average molecular weight is 265 g/mol. The quantitative estimate of drug-likeness (QED) is 0.818. The number of nitrogens with zero attached hydrogens (tertiary/aromatic N) is 1. The second-order valence-electron chi connectivity index (χ2n) is 4.48. The fourth-order valence-corrected chi connectivity index (χ4v) is 2.17. The number of rotatable bonds is 2. The van der Waals surface area contributed by atoms with Crippen LogP contribution < -0.4 is 5.32 Å². The van der Waals surface area contributed by atoms with Gasteiger partial charge in [0.1, 0.15) is 11.0 Å². The van der Waals surface area contributed by atoms with Crippen molar-refractivity contribution in [1.29, 1.82) is 0 Å². The van der Waals surface area contributed by atoms with Gasteiger partial charge in [0.05, 0.1) is 5.56 Å². The van der Waals surface area contributed by atoms with Gasteiger partial charge in [0, 0.05) is 6.04 Å². The van der Waals surface area contributed by atoms with Gasteiger partial charge in [-0.05, 0) is 30.9 Å². The lowest BCUT2D eigenvalue weighted by atomic mass is 9.82. The molecule has 0 spiro atoms. The summed E-state index contributed by atoms with van der Waals surface area (Å²) in [5.74, 6) is 0.815. The molecule has 1 aromatic rings. The van der Waals surface area contributed by atoms with E-state index in [1.54, 1.807) is 0 Å². The summed E-state index contributed by atoms with van der Waals surface area (Å²) in [4.78, 5) is 3.85. The predicted octanol–water partition coefficient (Wildman–Crippen LogP) is 3.96. The first kappa shape index (κ1) is 12.5. The molecule has 2 rings (SSSR count).